The number of hydrogen-bond donors (Lipinski definition) is 2. The average molecular weight is 543 g/mol. The van der Waals surface area contributed by atoms with Gasteiger partial charge in [0.1, 0.15) is 29.1 Å². The van der Waals surface area contributed by atoms with Gasteiger partial charge >= 0.3 is 6.03 Å². The SMILES string of the molecule is C[C@@H]1CN([C@H](C)CO)C(=O)c2cc(-c3cccc(F)c3)cnc2O[C@H]1CN(C)C(=O)Nc1cc(F)ccc1F. The lowest BCUT2D eigenvalue weighted by Crippen LogP contribution is -2.50. The Balaban J connectivity index is 1.63. The molecule has 1 aromatic heterocycles. The van der Waals surface area contributed by atoms with Crippen molar-refractivity contribution >= 4 is 17.6 Å². The molecule has 0 bridgehead atoms. The normalized spacial score (nSPS) is 17.9. The van der Waals surface area contributed by atoms with E-state index < -0.39 is 41.5 Å². The molecule has 0 saturated carbocycles. The number of pyridine rings is 1. The topological polar surface area (TPSA) is 95.0 Å². The van der Waals surface area contributed by atoms with Crippen LogP contribution >= 0.6 is 0 Å². The first kappa shape index (κ1) is 27.9. The molecule has 8 nitrogen and oxygen atoms in total. The molecule has 0 unspecified atom stereocenters. The summed E-state index contributed by atoms with van der Waals surface area (Å²) in [6.45, 7) is 3.48. The predicted octanol–water partition coefficient (Wildman–Crippen LogP) is 4.55. The number of urea groups is 1. The summed E-state index contributed by atoms with van der Waals surface area (Å²) in [4.78, 5) is 33.5. The zero-order valence-electron chi connectivity index (χ0n) is 21.7. The van der Waals surface area contributed by atoms with Gasteiger partial charge in [0.2, 0.25) is 5.88 Å². The molecule has 11 heteroatoms. The summed E-state index contributed by atoms with van der Waals surface area (Å²) in [6.07, 6.45) is 0.804. The van der Waals surface area contributed by atoms with Gasteiger partial charge in [-0.05, 0) is 42.8 Å². The number of nitrogens with zero attached hydrogens (tertiary/aromatic N) is 3. The number of halogens is 3. The molecular formula is C28H29F3N4O4. The number of ether oxygens (including phenoxy) is 1. The Morgan fingerprint density at radius 3 is 2.64 bits per heavy atom. The Morgan fingerprint density at radius 2 is 1.92 bits per heavy atom. The van der Waals surface area contributed by atoms with Crippen LogP contribution in [0.25, 0.3) is 11.1 Å². The smallest absolute Gasteiger partial charge is 0.321 e. The number of nitrogens with one attached hydrogen (secondary N) is 1. The zero-order chi connectivity index (χ0) is 28.3. The Kier molecular flexibility index (Phi) is 8.39. The van der Waals surface area contributed by atoms with Crippen molar-refractivity contribution < 1.29 is 32.6 Å². The van der Waals surface area contributed by atoms with Crippen LogP contribution in [0.2, 0.25) is 0 Å². The van der Waals surface area contributed by atoms with Crippen LogP contribution in [0, 0.1) is 23.4 Å². The first-order valence-electron chi connectivity index (χ1n) is 12.4. The molecule has 1 aliphatic heterocycles. The Bertz CT molecular complexity index is 1370. The molecule has 0 radical (unpaired) electrons. The minimum atomic E-state index is -0.784. The highest BCUT2D eigenvalue weighted by Crippen LogP contribution is 2.30. The fourth-order valence-corrected chi connectivity index (χ4v) is 4.30. The highest BCUT2D eigenvalue weighted by atomic mass is 19.1. The second-order valence-electron chi connectivity index (χ2n) is 9.64. The Labute approximate surface area is 224 Å². The molecule has 4 rings (SSSR count). The van der Waals surface area contributed by atoms with E-state index >= 15 is 0 Å². The number of aliphatic hydroxyl groups is 1. The summed E-state index contributed by atoms with van der Waals surface area (Å²) in [5.41, 5.74) is 0.847. The third-order valence-electron chi connectivity index (χ3n) is 6.65. The first-order chi connectivity index (χ1) is 18.6. The fraction of sp³-hybridized carbons (Fsp3) is 0.321. The summed E-state index contributed by atoms with van der Waals surface area (Å²) in [5, 5.41) is 12.2. The van der Waals surface area contributed by atoms with Crippen LogP contribution in [-0.4, -0.2) is 70.7 Å². The van der Waals surface area contributed by atoms with E-state index in [0.29, 0.717) is 11.1 Å². The van der Waals surface area contributed by atoms with E-state index in [0.717, 1.165) is 18.2 Å². The van der Waals surface area contributed by atoms with E-state index in [1.54, 1.807) is 25.1 Å². The van der Waals surface area contributed by atoms with E-state index in [-0.39, 0.29) is 42.7 Å². The van der Waals surface area contributed by atoms with Crippen LogP contribution in [0.15, 0.2) is 54.7 Å². The number of fused-ring (bicyclic) bond motifs is 1. The molecule has 2 N–H and O–H groups in total. The van der Waals surface area contributed by atoms with Gasteiger partial charge in [0.05, 0.1) is 24.9 Å². The van der Waals surface area contributed by atoms with Crippen LogP contribution in [0.3, 0.4) is 0 Å². The minimum Gasteiger partial charge on any atom is -0.472 e. The van der Waals surface area contributed by atoms with E-state index in [2.05, 4.69) is 10.3 Å². The monoisotopic (exact) mass is 542 g/mol. The zero-order valence-corrected chi connectivity index (χ0v) is 21.7. The lowest BCUT2D eigenvalue weighted by molar-refractivity contribution is 0.0356. The first-order valence-corrected chi connectivity index (χ1v) is 12.4. The molecular weight excluding hydrogens is 513 g/mol. The number of aromatic nitrogens is 1. The quantitative estimate of drug-likeness (QED) is 0.477. The van der Waals surface area contributed by atoms with Gasteiger partial charge in [0.25, 0.3) is 5.91 Å². The molecule has 0 saturated heterocycles. The van der Waals surface area contributed by atoms with Crippen LogP contribution in [0.5, 0.6) is 5.88 Å². The third-order valence-corrected chi connectivity index (χ3v) is 6.65. The summed E-state index contributed by atoms with van der Waals surface area (Å²) in [6, 6.07) is 8.96. The maximum Gasteiger partial charge on any atom is 0.321 e. The largest absolute Gasteiger partial charge is 0.472 e. The number of likely N-dealkylation sites (N-methyl/N-ethyl adjacent to an activating group) is 1. The second-order valence-corrected chi connectivity index (χ2v) is 9.64. The molecule has 39 heavy (non-hydrogen) atoms. The summed E-state index contributed by atoms with van der Waals surface area (Å²) >= 11 is 0. The Morgan fingerprint density at radius 1 is 1.18 bits per heavy atom. The van der Waals surface area contributed by atoms with Gasteiger partial charge in [-0.2, -0.15) is 0 Å². The van der Waals surface area contributed by atoms with Crippen LogP contribution in [0.4, 0.5) is 23.7 Å². The van der Waals surface area contributed by atoms with Crippen molar-refractivity contribution in [3.05, 3.63) is 77.7 Å². The molecule has 2 heterocycles. The van der Waals surface area contributed by atoms with E-state index in [4.69, 9.17) is 4.74 Å². The van der Waals surface area contributed by atoms with E-state index in [1.807, 2.05) is 6.92 Å². The second kappa shape index (κ2) is 11.7. The van der Waals surface area contributed by atoms with Crippen molar-refractivity contribution in [3.63, 3.8) is 0 Å². The van der Waals surface area contributed by atoms with Gasteiger partial charge in [-0.3, -0.25) is 4.79 Å². The molecule has 3 atom stereocenters. The van der Waals surface area contributed by atoms with Gasteiger partial charge < -0.3 is 25.0 Å². The number of rotatable bonds is 6. The summed E-state index contributed by atoms with van der Waals surface area (Å²) < 4.78 is 47.6. The van der Waals surface area contributed by atoms with Crippen molar-refractivity contribution in [2.75, 3.05) is 32.1 Å². The highest BCUT2D eigenvalue weighted by Gasteiger charge is 2.35. The molecule has 0 aliphatic carbocycles. The van der Waals surface area contributed by atoms with Crippen molar-refractivity contribution in [2.24, 2.45) is 5.92 Å². The van der Waals surface area contributed by atoms with Crippen molar-refractivity contribution in [2.45, 2.75) is 26.0 Å². The molecule has 2 aromatic carbocycles. The fourth-order valence-electron chi connectivity index (χ4n) is 4.30. The number of aliphatic hydroxyl groups excluding tert-OH is 1. The van der Waals surface area contributed by atoms with Crippen molar-refractivity contribution in [1.82, 2.24) is 14.8 Å². The van der Waals surface area contributed by atoms with Gasteiger partial charge in [0.15, 0.2) is 0 Å². The number of carbonyl (C=O) groups is 2. The number of amides is 3. The lowest BCUT2D eigenvalue weighted by atomic mass is 9.99. The molecule has 206 valence electrons. The maximum atomic E-state index is 14.0. The molecule has 0 spiro atoms. The number of benzene rings is 2. The predicted molar refractivity (Wildman–Crippen MR) is 139 cm³/mol. The number of anilines is 1. The van der Waals surface area contributed by atoms with Gasteiger partial charge in [-0.1, -0.05) is 19.1 Å². The van der Waals surface area contributed by atoms with E-state index in [9.17, 15) is 27.9 Å². The standard InChI is InChI=1S/C28H29F3N4O4/c1-16-13-35(17(2)15-36)27(37)22-10-19(18-5-4-6-20(29)9-18)12-32-26(22)39-25(16)14-34(3)28(38)33-24-11-21(30)7-8-23(24)31/h4-12,16-17,25,36H,13-15H2,1-3H3,(H,33,38)/t16-,17-,25+/m1/s1. The number of hydrogen-bond acceptors (Lipinski definition) is 5. The minimum absolute atomic E-state index is 0.0201. The van der Waals surface area contributed by atoms with Crippen LogP contribution in [0.1, 0.15) is 24.2 Å². The van der Waals surface area contributed by atoms with Crippen molar-refractivity contribution in [1.29, 1.82) is 0 Å². The molecule has 1 aliphatic rings. The Hall–Kier alpha value is -4.12. The number of carbonyl (C=O) groups excluding carboxylic acids is 2. The molecule has 0 fully saturated rings. The van der Waals surface area contributed by atoms with Crippen molar-refractivity contribution in [3.8, 4) is 17.0 Å². The highest BCUT2D eigenvalue weighted by molar-refractivity contribution is 5.98. The summed E-state index contributed by atoms with van der Waals surface area (Å²) in [5.74, 6) is -2.62. The molecule has 3 aromatic rings. The van der Waals surface area contributed by atoms with Gasteiger partial charge in [0, 0.05) is 37.3 Å². The van der Waals surface area contributed by atoms with Gasteiger partial charge in [-0.25, -0.2) is 22.9 Å². The maximum absolute atomic E-state index is 14.0. The lowest BCUT2D eigenvalue weighted by Gasteiger charge is -2.37. The van der Waals surface area contributed by atoms with E-state index in [1.165, 1.54) is 35.2 Å². The average Bonchev–Trinajstić information content (AvgIpc) is 2.91. The van der Waals surface area contributed by atoms with Crippen LogP contribution in [-0.2, 0) is 0 Å². The molecule has 3 amide bonds. The van der Waals surface area contributed by atoms with Crippen LogP contribution < -0.4 is 10.1 Å². The third kappa shape index (κ3) is 6.31. The van der Waals surface area contributed by atoms with Gasteiger partial charge in [-0.15, -0.1) is 0 Å². The summed E-state index contributed by atoms with van der Waals surface area (Å²) in [7, 11) is 1.47.